The Hall–Kier alpha value is -2.89. The highest BCUT2D eigenvalue weighted by Crippen LogP contribution is 2.33. The van der Waals surface area contributed by atoms with Crippen molar-refractivity contribution in [2.24, 2.45) is 0 Å². The molecule has 0 saturated heterocycles. The summed E-state index contributed by atoms with van der Waals surface area (Å²) in [4.78, 5) is 25.6. The van der Waals surface area contributed by atoms with Crippen molar-refractivity contribution in [2.75, 3.05) is 11.9 Å². The number of likely N-dealkylation sites (N-methyl/N-ethyl adjacent to an activating group) is 1. The van der Waals surface area contributed by atoms with Gasteiger partial charge in [0.25, 0.3) is 5.91 Å². The first-order valence-corrected chi connectivity index (χ1v) is 8.02. The third-order valence-corrected chi connectivity index (χ3v) is 4.13. The van der Waals surface area contributed by atoms with E-state index in [0.29, 0.717) is 18.0 Å². The lowest BCUT2D eigenvalue weighted by atomic mass is 10.1. The lowest BCUT2D eigenvalue weighted by Crippen LogP contribution is -2.42. The highest BCUT2D eigenvalue weighted by Gasteiger charge is 2.28. The molecule has 2 amide bonds. The lowest BCUT2D eigenvalue weighted by Gasteiger charge is -2.30. The van der Waals surface area contributed by atoms with Gasteiger partial charge in [0, 0.05) is 13.6 Å². The van der Waals surface area contributed by atoms with Crippen molar-refractivity contribution in [2.45, 2.75) is 26.0 Å². The van der Waals surface area contributed by atoms with E-state index in [0.717, 1.165) is 11.1 Å². The molecule has 2 aromatic rings. The van der Waals surface area contributed by atoms with Crippen LogP contribution < -0.4 is 15.0 Å². The number of nitrogens with zero attached hydrogens (tertiary/aromatic N) is 1. The van der Waals surface area contributed by atoms with Crippen molar-refractivity contribution in [3.63, 3.8) is 0 Å². The predicted molar refractivity (Wildman–Crippen MR) is 91.9 cm³/mol. The number of amides is 2. The van der Waals surface area contributed by atoms with Gasteiger partial charge in [0.15, 0.2) is 6.10 Å². The molecule has 1 atom stereocenters. The van der Waals surface area contributed by atoms with Gasteiger partial charge in [-0.3, -0.25) is 9.59 Å². The molecule has 130 valence electrons. The minimum Gasteiger partial charge on any atom is -0.479 e. The maximum atomic E-state index is 12.9. The topological polar surface area (TPSA) is 58.6 Å². The van der Waals surface area contributed by atoms with E-state index < -0.39 is 6.10 Å². The second-order valence-corrected chi connectivity index (χ2v) is 6.04. The molecule has 1 aliphatic rings. The van der Waals surface area contributed by atoms with E-state index in [2.05, 4.69) is 5.32 Å². The van der Waals surface area contributed by atoms with Gasteiger partial charge in [-0.25, -0.2) is 4.39 Å². The second-order valence-electron chi connectivity index (χ2n) is 6.04. The molecule has 1 heterocycles. The van der Waals surface area contributed by atoms with Crippen LogP contribution in [0.3, 0.4) is 0 Å². The summed E-state index contributed by atoms with van der Waals surface area (Å²) >= 11 is 0. The third-order valence-electron chi connectivity index (χ3n) is 4.13. The van der Waals surface area contributed by atoms with Gasteiger partial charge in [0.05, 0.1) is 12.1 Å². The largest absolute Gasteiger partial charge is 0.479 e. The van der Waals surface area contributed by atoms with Crippen LogP contribution in [0.2, 0.25) is 0 Å². The van der Waals surface area contributed by atoms with Crippen LogP contribution in [-0.2, 0) is 22.6 Å². The zero-order chi connectivity index (χ0) is 18.0. The normalized spacial score (nSPS) is 16.2. The zero-order valence-electron chi connectivity index (χ0n) is 14.1. The molecule has 0 fully saturated rings. The number of carbonyl (C=O) groups excluding carboxylic acids is 2. The Labute approximate surface area is 145 Å². The van der Waals surface area contributed by atoms with Gasteiger partial charge in [0.2, 0.25) is 5.91 Å². The van der Waals surface area contributed by atoms with Crippen molar-refractivity contribution in [3.05, 3.63) is 59.4 Å². The molecule has 0 bridgehead atoms. The average Bonchev–Trinajstić information content (AvgIpc) is 2.60. The number of rotatable bonds is 4. The monoisotopic (exact) mass is 342 g/mol. The predicted octanol–water partition coefficient (Wildman–Crippen LogP) is 2.43. The summed E-state index contributed by atoms with van der Waals surface area (Å²) in [6, 6.07) is 11.3. The first kappa shape index (κ1) is 17.0. The minimum atomic E-state index is -0.501. The van der Waals surface area contributed by atoms with Crippen LogP contribution in [0.4, 0.5) is 10.1 Å². The molecule has 2 aromatic carbocycles. The Morgan fingerprint density at radius 1 is 1.20 bits per heavy atom. The molecule has 1 aliphatic heterocycles. The standard InChI is InChI=1S/C19H19FN2O3/c1-12-19(24)22(2)16-9-14(5-8-17(16)25-12)11-21-18(23)10-13-3-6-15(20)7-4-13/h3-9,12H,10-11H2,1-2H3,(H,21,23). The molecular weight excluding hydrogens is 323 g/mol. The third kappa shape index (κ3) is 3.79. The van der Waals surface area contributed by atoms with Crippen molar-refractivity contribution in [3.8, 4) is 5.75 Å². The van der Waals surface area contributed by atoms with Gasteiger partial charge in [0.1, 0.15) is 11.6 Å². The van der Waals surface area contributed by atoms with Crippen LogP contribution in [0.1, 0.15) is 18.1 Å². The zero-order valence-corrected chi connectivity index (χ0v) is 14.1. The number of carbonyl (C=O) groups is 2. The van der Waals surface area contributed by atoms with Crippen LogP contribution >= 0.6 is 0 Å². The van der Waals surface area contributed by atoms with E-state index >= 15 is 0 Å². The fourth-order valence-corrected chi connectivity index (χ4v) is 2.72. The van der Waals surface area contributed by atoms with Crippen LogP contribution in [0.25, 0.3) is 0 Å². The summed E-state index contributed by atoms with van der Waals surface area (Å²) in [7, 11) is 1.71. The molecule has 0 aliphatic carbocycles. The summed E-state index contributed by atoms with van der Waals surface area (Å²) in [6.45, 7) is 2.05. The Balaban J connectivity index is 1.63. The summed E-state index contributed by atoms with van der Waals surface area (Å²) < 4.78 is 18.5. The first-order chi connectivity index (χ1) is 11.9. The maximum Gasteiger partial charge on any atom is 0.267 e. The van der Waals surface area contributed by atoms with Crippen LogP contribution in [0.5, 0.6) is 5.75 Å². The van der Waals surface area contributed by atoms with Crippen molar-refractivity contribution in [1.82, 2.24) is 5.32 Å². The van der Waals surface area contributed by atoms with E-state index in [1.54, 1.807) is 37.1 Å². The van der Waals surface area contributed by atoms with Crippen LogP contribution in [-0.4, -0.2) is 25.0 Å². The van der Waals surface area contributed by atoms with Crippen molar-refractivity contribution < 1.29 is 18.7 Å². The fraction of sp³-hybridized carbons (Fsp3) is 0.263. The molecule has 1 unspecified atom stereocenters. The molecule has 1 N–H and O–H groups in total. The van der Waals surface area contributed by atoms with Gasteiger partial charge in [-0.1, -0.05) is 18.2 Å². The van der Waals surface area contributed by atoms with E-state index in [-0.39, 0.29) is 24.1 Å². The molecular formula is C19H19FN2O3. The molecule has 0 aromatic heterocycles. The van der Waals surface area contributed by atoms with Gasteiger partial charge >= 0.3 is 0 Å². The highest BCUT2D eigenvalue weighted by molar-refractivity contribution is 5.99. The molecule has 5 nitrogen and oxygen atoms in total. The van der Waals surface area contributed by atoms with Gasteiger partial charge in [-0.15, -0.1) is 0 Å². The highest BCUT2D eigenvalue weighted by atomic mass is 19.1. The number of benzene rings is 2. The smallest absolute Gasteiger partial charge is 0.267 e. The molecule has 0 radical (unpaired) electrons. The van der Waals surface area contributed by atoms with E-state index in [1.807, 2.05) is 12.1 Å². The molecule has 0 saturated carbocycles. The molecule has 3 rings (SSSR count). The van der Waals surface area contributed by atoms with Gasteiger partial charge in [-0.05, 0) is 42.3 Å². The maximum absolute atomic E-state index is 12.9. The summed E-state index contributed by atoms with van der Waals surface area (Å²) in [5.74, 6) is 0.0630. The summed E-state index contributed by atoms with van der Waals surface area (Å²) in [5.41, 5.74) is 2.30. The van der Waals surface area contributed by atoms with Crippen molar-refractivity contribution >= 4 is 17.5 Å². The minimum absolute atomic E-state index is 0.106. The number of nitrogens with one attached hydrogen (secondary N) is 1. The van der Waals surface area contributed by atoms with Crippen LogP contribution in [0, 0.1) is 5.82 Å². The van der Waals surface area contributed by atoms with Crippen LogP contribution in [0.15, 0.2) is 42.5 Å². The summed E-state index contributed by atoms with van der Waals surface area (Å²) in [5, 5.41) is 2.83. The molecule has 25 heavy (non-hydrogen) atoms. The SMILES string of the molecule is CC1Oc2ccc(CNC(=O)Cc3ccc(F)cc3)cc2N(C)C1=O. The van der Waals surface area contributed by atoms with E-state index in [9.17, 15) is 14.0 Å². The molecule has 6 heteroatoms. The number of hydrogen-bond acceptors (Lipinski definition) is 3. The average molecular weight is 342 g/mol. The Bertz CT molecular complexity index is 805. The number of ether oxygens (including phenoxy) is 1. The van der Waals surface area contributed by atoms with Gasteiger partial charge in [-0.2, -0.15) is 0 Å². The molecule has 0 spiro atoms. The Morgan fingerprint density at radius 2 is 1.88 bits per heavy atom. The lowest BCUT2D eigenvalue weighted by molar-refractivity contribution is -0.125. The number of anilines is 1. The second kappa shape index (κ2) is 6.93. The number of hydrogen-bond donors (Lipinski definition) is 1. The fourth-order valence-electron chi connectivity index (χ4n) is 2.72. The Morgan fingerprint density at radius 3 is 2.60 bits per heavy atom. The quantitative estimate of drug-likeness (QED) is 0.928. The van der Waals surface area contributed by atoms with E-state index in [1.165, 1.54) is 12.1 Å². The van der Waals surface area contributed by atoms with Crippen molar-refractivity contribution in [1.29, 1.82) is 0 Å². The number of fused-ring (bicyclic) bond motifs is 1. The van der Waals surface area contributed by atoms with E-state index in [4.69, 9.17) is 4.74 Å². The number of halogens is 1. The Kier molecular flexibility index (Phi) is 4.70. The summed E-state index contributed by atoms with van der Waals surface area (Å²) in [6.07, 6.45) is -0.316. The first-order valence-electron chi connectivity index (χ1n) is 8.02. The van der Waals surface area contributed by atoms with Gasteiger partial charge < -0.3 is 15.0 Å².